The van der Waals surface area contributed by atoms with Crippen LogP contribution in [0.4, 0.5) is 17.6 Å². The summed E-state index contributed by atoms with van der Waals surface area (Å²) in [6.07, 6.45) is -4.75. The van der Waals surface area contributed by atoms with E-state index in [9.17, 15) is 26.0 Å². The molecule has 0 saturated carbocycles. The Kier molecular flexibility index (Phi) is 3.53. The molecule has 1 aromatic heterocycles. The molecule has 1 rings (SSSR count). The number of hydrogen-bond donors (Lipinski definition) is 0. The van der Waals surface area contributed by atoms with E-state index in [0.717, 1.165) is 6.92 Å². The van der Waals surface area contributed by atoms with E-state index in [1.54, 1.807) is 0 Å². The first-order valence-corrected chi connectivity index (χ1v) is 6.19. The van der Waals surface area contributed by atoms with Crippen molar-refractivity contribution in [1.82, 2.24) is 4.98 Å². The van der Waals surface area contributed by atoms with E-state index in [1.165, 1.54) is 0 Å². The van der Waals surface area contributed by atoms with Crippen LogP contribution in [0.5, 0.6) is 5.75 Å². The fraction of sp³-hybridized carbons (Fsp3) is 0.286. The second kappa shape index (κ2) is 4.30. The summed E-state index contributed by atoms with van der Waals surface area (Å²) in [6.45, 7) is 0.906. The minimum Gasteiger partial charge on any atom is -0.402 e. The van der Waals surface area contributed by atoms with Gasteiger partial charge in [0.05, 0.1) is 6.20 Å². The molecule has 0 unspecified atom stereocenters. The van der Waals surface area contributed by atoms with Gasteiger partial charge < -0.3 is 4.74 Å². The van der Waals surface area contributed by atoms with E-state index < -0.39 is 37.6 Å². The van der Waals surface area contributed by atoms with E-state index in [2.05, 4.69) is 9.72 Å². The summed E-state index contributed by atoms with van der Waals surface area (Å²) in [6, 6.07) is 0. The normalized spacial score (nSPS) is 12.6. The van der Waals surface area contributed by atoms with Crippen LogP contribution < -0.4 is 4.74 Å². The van der Waals surface area contributed by atoms with Gasteiger partial charge in [-0.25, -0.2) is 17.8 Å². The van der Waals surface area contributed by atoms with E-state index >= 15 is 0 Å². The standard InChI is InChI=1S/C7H4ClF4NO3S/c1-3-4(9)2-13-6(17(8,14)15)5(3)16-7(10,11)12/h2H,1H3. The lowest BCUT2D eigenvalue weighted by Gasteiger charge is -2.13. The van der Waals surface area contributed by atoms with Crippen molar-refractivity contribution in [3.05, 3.63) is 17.6 Å². The van der Waals surface area contributed by atoms with Gasteiger partial charge in [0, 0.05) is 16.2 Å². The third-order valence-corrected chi connectivity index (χ3v) is 2.83. The molecular formula is C7H4ClF4NO3S. The van der Waals surface area contributed by atoms with Gasteiger partial charge in [-0.1, -0.05) is 0 Å². The summed E-state index contributed by atoms with van der Waals surface area (Å²) < 4.78 is 74.3. The fourth-order valence-corrected chi connectivity index (χ4v) is 1.87. The van der Waals surface area contributed by atoms with Crippen molar-refractivity contribution in [2.45, 2.75) is 18.3 Å². The van der Waals surface area contributed by atoms with Gasteiger partial charge in [-0.15, -0.1) is 13.2 Å². The van der Waals surface area contributed by atoms with Crippen molar-refractivity contribution in [2.75, 3.05) is 0 Å². The van der Waals surface area contributed by atoms with Crippen LogP contribution in [0, 0.1) is 12.7 Å². The Morgan fingerprint density at radius 3 is 2.35 bits per heavy atom. The monoisotopic (exact) mass is 293 g/mol. The van der Waals surface area contributed by atoms with Gasteiger partial charge in [0.2, 0.25) is 5.03 Å². The molecule has 1 aromatic rings. The maximum absolute atomic E-state index is 13.0. The molecule has 0 spiro atoms. The van der Waals surface area contributed by atoms with Gasteiger partial charge in [-0.3, -0.25) is 0 Å². The lowest BCUT2D eigenvalue weighted by molar-refractivity contribution is -0.276. The minimum atomic E-state index is -5.18. The molecule has 0 amide bonds. The average Bonchev–Trinajstić information content (AvgIpc) is 2.08. The second-order valence-corrected chi connectivity index (χ2v) is 5.33. The number of ether oxygens (including phenoxy) is 1. The molecule has 17 heavy (non-hydrogen) atoms. The SMILES string of the molecule is Cc1c(F)cnc(S(=O)(=O)Cl)c1OC(F)(F)F. The van der Waals surface area contributed by atoms with Crippen LogP contribution in [-0.2, 0) is 9.05 Å². The van der Waals surface area contributed by atoms with Crippen LogP contribution in [0.1, 0.15) is 5.56 Å². The molecule has 0 aliphatic rings. The molecule has 0 N–H and O–H groups in total. The van der Waals surface area contributed by atoms with E-state index in [0.29, 0.717) is 6.20 Å². The molecule has 0 atom stereocenters. The Morgan fingerprint density at radius 2 is 1.94 bits per heavy atom. The molecule has 4 nitrogen and oxygen atoms in total. The third kappa shape index (κ3) is 3.43. The number of alkyl halides is 3. The average molecular weight is 294 g/mol. The minimum absolute atomic E-state index is 0.438. The summed E-state index contributed by atoms with van der Waals surface area (Å²) in [5.41, 5.74) is -0.656. The Labute approximate surface area is 97.6 Å². The molecule has 96 valence electrons. The van der Waals surface area contributed by atoms with Gasteiger partial charge in [0.1, 0.15) is 5.82 Å². The highest BCUT2D eigenvalue weighted by Gasteiger charge is 2.36. The summed E-state index contributed by atoms with van der Waals surface area (Å²) in [4.78, 5) is 2.97. The van der Waals surface area contributed by atoms with Crippen LogP contribution in [0.3, 0.4) is 0 Å². The van der Waals surface area contributed by atoms with Crippen molar-refractivity contribution in [1.29, 1.82) is 0 Å². The quantitative estimate of drug-likeness (QED) is 0.620. The Bertz CT molecular complexity index is 543. The number of hydrogen-bond acceptors (Lipinski definition) is 4. The molecule has 0 aliphatic carbocycles. The maximum atomic E-state index is 13.0. The van der Waals surface area contributed by atoms with Gasteiger partial charge in [-0.05, 0) is 6.92 Å². The topological polar surface area (TPSA) is 56.3 Å². The summed E-state index contributed by atoms with van der Waals surface area (Å²) in [7, 11) is 0.281. The van der Waals surface area contributed by atoms with Crippen molar-refractivity contribution in [3.63, 3.8) is 0 Å². The third-order valence-electron chi connectivity index (χ3n) is 1.64. The smallest absolute Gasteiger partial charge is 0.402 e. The molecular weight excluding hydrogens is 290 g/mol. The van der Waals surface area contributed by atoms with Crippen molar-refractivity contribution in [2.24, 2.45) is 0 Å². The highest BCUT2D eigenvalue weighted by molar-refractivity contribution is 8.13. The first-order valence-electron chi connectivity index (χ1n) is 3.88. The largest absolute Gasteiger partial charge is 0.573 e. The predicted octanol–water partition coefficient (Wildman–Crippen LogP) is 2.36. The van der Waals surface area contributed by atoms with Crippen LogP contribution >= 0.6 is 10.7 Å². The van der Waals surface area contributed by atoms with Crippen LogP contribution in [-0.4, -0.2) is 19.8 Å². The highest BCUT2D eigenvalue weighted by atomic mass is 35.7. The van der Waals surface area contributed by atoms with Crippen molar-refractivity contribution < 1.29 is 30.7 Å². The fourth-order valence-electron chi connectivity index (χ4n) is 0.949. The number of pyridine rings is 1. The lowest BCUT2D eigenvalue weighted by Crippen LogP contribution is -2.20. The van der Waals surface area contributed by atoms with Gasteiger partial charge in [0.15, 0.2) is 5.75 Å². The molecule has 0 aliphatic heterocycles. The molecule has 0 aromatic carbocycles. The van der Waals surface area contributed by atoms with Crippen LogP contribution in [0.15, 0.2) is 11.2 Å². The first-order chi connectivity index (χ1) is 7.52. The summed E-state index contributed by atoms with van der Waals surface area (Å²) in [5, 5.41) is -1.18. The number of nitrogens with zero attached hydrogens (tertiary/aromatic N) is 1. The van der Waals surface area contributed by atoms with E-state index in [-0.39, 0.29) is 0 Å². The number of halogens is 5. The van der Waals surface area contributed by atoms with Crippen molar-refractivity contribution in [3.8, 4) is 5.75 Å². The zero-order valence-corrected chi connectivity index (χ0v) is 9.62. The maximum Gasteiger partial charge on any atom is 0.573 e. The molecule has 0 saturated heterocycles. The zero-order valence-electron chi connectivity index (χ0n) is 8.05. The van der Waals surface area contributed by atoms with E-state index in [1.807, 2.05) is 0 Å². The second-order valence-electron chi connectivity index (χ2n) is 2.85. The number of aromatic nitrogens is 1. The van der Waals surface area contributed by atoms with Crippen LogP contribution in [0.2, 0.25) is 0 Å². The lowest BCUT2D eigenvalue weighted by atomic mass is 10.3. The summed E-state index contributed by atoms with van der Waals surface area (Å²) in [5.74, 6) is -2.42. The summed E-state index contributed by atoms with van der Waals surface area (Å²) >= 11 is 0. The molecule has 1 heterocycles. The predicted molar refractivity (Wildman–Crippen MR) is 48.7 cm³/mol. The first kappa shape index (κ1) is 14.0. The Hall–Kier alpha value is -1.09. The Balaban J connectivity index is 3.48. The number of rotatable bonds is 2. The van der Waals surface area contributed by atoms with E-state index in [4.69, 9.17) is 10.7 Å². The molecule has 0 radical (unpaired) electrons. The van der Waals surface area contributed by atoms with Gasteiger partial charge >= 0.3 is 6.36 Å². The Morgan fingerprint density at radius 1 is 1.41 bits per heavy atom. The highest BCUT2D eigenvalue weighted by Crippen LogP contribution is 2.33. The van der Waals surface area contributed by atoms with Gasteiger partial charge in [-0.2, -0.15) is 0 Å². The zero-order chi connectivity index (χ0) is 13.4. The molecule has 0 fully saturated rings. The van der Waals surface area contributed by atoms with Crippen LogP contribution in [0.25, 0.3) is 0 Å². The van der Waals surface area contributed by atoms with Crippen molar-refractivity contribution >= 4 is 19.7 Å². The molecule has 0 bridgehead atoms. The van der Waals surface area contributed by atoms with Gasteiger partial charge in [0.25, 0.3) is 9.05 Å². The molecule has 10 heteroatoms.